The van der Waals surface area contributed by atoms with Gasteiger partial charge in [0.2, 0.25) is 0 Å². The molecule has 1 aliphatic heterocycles. The van der Waals surface area contributed by atoms with Crippen LogP contribution in [0.1, 0.15) is 11.1 Å². The smallest absolute Gasteiger partial charge is 0.162 e. The van der Waals surface area contributed by atoms with Gasteiger partial charge in [0.05, 0.1) is 0 Å². The summed E-state index contributed by atoms with van der Waals surface area (Å²) in [6.45, 7) is 1.22. The third-order valence-corrected chi connectivity index (χ3v) is 4.25. The van der Waals surface area contributed by atoms with Gasteiger partial charge in [-0.2, -0.15) is 0 Å². The Labute approximate surface area is 127 Å². The van der Waals surface area contributed by atoms with Crippen molar-refractivity contribution in [3.63, 3.8) is 0 Å². The SMILES string of the molecule is N=C(N)c1ccc(CSc2ccc3c(c2)OCCO3)cc1. The predicted molar refractivity (Wildman–Crippen MR) is 84.5 cm³/mol. The second kappa shape index (κ2) is 6.10. The summed E-state index contributed by atoms with van der Waals surface area (Å²) in [6, 6.07) is 13.8. The minimum absolute atomic E-state index is 0.0982. The molecule has 3 N–H and O–H groups in total. The van der Waals surface area contributed by atoms with E-state index in [2.05, 4.69) is 0 Å². The van der Waals surface area contributed by atoms with E-state index in [1.54, 1.807) is 11.8 Å². The molecule has 0 bridgehead atoms. The lowest BCUT2D eigenvalue weighted by atomic mass is 10.1. The molecule has 0 atom stereocenters. The number of nitrogens with two attached hydrogens (primary N) is 1. The zero-order valence-corrected chi connectivity index (χ0v) is 12.3. The van der Waals surface area contributed by atoms with Crippen molar-refractivity contribution >= 4 is 17.6 Å². The first-order valence-electron chi connectivity index (χ1n) is 6.68. The highest BCUT2D eigenvalue weighted by Gasteiger charge is 2.11. The Kier molecular flexibility index (Phi) is 4.01. The Hall–Kier alpha value is -2.14. The maximum Gasteiger partial charge on any atom is 0.162 e. The van der Waals surface area contributed by atoms with Crippen LogP contribution >= 0.6 is 11.8 Å². The molecule has 1 aliphatic rings. The van der Waals surface area contributed by atoms with Crippen LogP contribution < -0.4 is 15.2 Å². The van der Waals surface area contributed by atoms with E-state index in [1.807, 2.05) is 42.5 Å². The highest BCUT2D eigenvalue weighted by Crippen LogP contribution is 2.35. The summed E-state index contributed by atoms with van der Waals surface area (Å²) in [5, 5.41) is 7.38. The molecule has 0 fully saturated rings. The van der Waals surface area contributed by atoms with Gasteiger partial charge in [0.15, 0.2) is 11.5 Å². The predicted octanol–water partition coefficient (Wildman–Crippen LogP) is 3.03. The molecule has 0 radical (unpaired) electrons. The van der Waals surface area contributed by atoms with Gasteiger partial charge in [-0.25, -0.2) is 0 Å². The molecule has 0 saturated heterocycles. The van der Waals surface area contributed by atoms with Crippen LogP contribution in [0.15, 0.2) is 47.4 Å². The molecule has 21 heavy (non-hydrogen) atoms. The topological polar surface area (TPSA) is 68.3 Å². The van der Waals surface area contributed by atoms with Crippen LogP contribution in [0.2, 0.25) is 0 Å². The second-order valence-corrected chi connectivity index (χ2v) is 5.75. The molecule has 2 aromatic carbocycles. The maximum atomic E-state index is 7.38. The van der Waals surface area contributed by atoms with Crippen molar-refractivity contribution < 1.29 is 9.47 Å². The fraction of sp³-hybridized carbons (Fsp3) is 0.188. The van der Waals surface area contributed by atoms with Gasteiger partial charge in [-0.3, -0.25) is 5.41 Å². The molecule has 108 valence electrons. The van der Waals surface area contributed by atoms with Crippen molar-refractivity contribution in [3.8, 4) is 11.5 Å². The Balaban J connectivity index is 1.65. The van der Waals surface area contributed by atoms with Crippen LogP contribution in [-0.4, -0.2) is 19.0 Å². The quantitative estimate of drug-likeness (QED) is 0.517. The number of rotatable bonds is 4. The van der Waals surface area contributed by atoms with E-state index in [9.17, 15) is 0 Å². The van der Waals surface area contributed by atoms with Crippen molar-refractivity contribution in [1.29, 1.82) is 5.41 Å². The molecular formula is C16H16N2O2S. The van der Waals surface area contributed by atoms with Crippen LogP contribution in [0.3, 0.4) is 0 Å². The summed E-state index contributed by atoms with van der Waals surface area (Å²) >= 11 is 1.74. The van der Waals surface area contributed by atoms with Crippen molar-refractivity contribution in [3.05, 3.63) is 53.6 Å². The summed E-state index contributed by atoms with van der Waals surface area (Å²) in [4.78, 5) is 1.15. The Morgan fingerprint density at radius 3 is 2.48 bits per heavy atom. The van der Waals surface area contributed by atoms with E-state index < -0.39 is 0 Å². The lowest BCUT2D eigenvalue weighted by molar-refractivity contribution is 0.171. The van der Waals surface area contributed by atoms with Crippen LogP contribution in [0.5, 0.6) is 11.5 Å². The number of benzene rings is 2. The summed E-state index contributed by atoms with van der Waals surface area (Å²) in [5.41, 5.74) is 7.39. The summed E-state index contributed by atoms with van der Waals surface area (Å²) in [6.07, 6.45) is 0. The van der Waals surface area contributed by atoms with Gasteiger partial charge in [-0.15, -0.1) is 11.8 Å². The van der Waals surface area contributed by atoms with Gasteiger partial charge >= 0.3 is 0 Å². The van der Waals surface area contributed by atoms with Crippen molar-refractivity contribution in [2.24, 2.45) is 5.73 Å². The maximum absolute atomic E-state index is 7.38. The van der Waals surface area contributed by atoms with Crippen molar-refractivity contribution in [2.75, 3.05) is 13.2 Å². The van der Waals surface area contributed by atoms with Gasteiger partial charge in [-0.05, 0) is 23.8 Å². The monoisotopic (exact) mass is 300 g/mol. The van der Waals surface area contributed by atoms with E-state index in [0.717, 1.165) is 27.7 Å². The fourth-order valence-corrected chi connectivity index (χ4v) is 2.94. The second-order valence-electron chi connectivity index (χ2n) is 4.70. The number of thioether (sulfide) groups is 1. The standard InChI is InChI=1S/C16H16N2O2S/c17-16(18)12-3-1-11(2-4-12)10-21-13-5-6-14-15(9-13)20-8-7-19-14/h1-6,9H,7-8,10H2,(H3,17,18). The van der Waals surface area contributed by atoms with Crippen LogP contribution in [0, 0.1) is 5.41 Å². The first-order chi connectivity index (χ1) is 10.2. The van der Waals surface area contributed by atoms with Gasteiger partial charge in [0.1, 0.15) is 19.0 Å². The van der Waals surface area contributed by atoms with Gasteiger partial charge in [0.25, 0.3) is 0 Å². The van der Waals surface area contributed by atoms with Gasteiger partial charge in [-0.1, -0.05) is 24.3 Å². The third kappa shape index (κ3) is 3.31. The zero-order valence-electron chi connectivity index (χ0n) is 11.5. The van der Waals surface area contributed by atoms with E-state index >= 15 is 0 Å². The largest absolute Gasteiger partial charge is 0.486 e. The summed E-state index contributed by atoms with van der Waals surface area (Å²) in [7, 11) is 0. The van der Waals surface area contributed by atoms with Gasteiger partial charge < -0.3 is 15.2 Å². The molecule has 2 aromatic rings. The van der Waals surface area contributed by atoms with Gasteiger partial charge in [0, 0.05) is 16.2 Å². The van der Waals surface area contributed by atoms with Crippen LogP contribution in [0.4, 0.5) is 0 Å². The zero-order chi connectivity index (χ0) is 14.7. The summed E-state index contributed by atoms with van der Waals surface area (Å²) < 4.78 is 11.1. The Morgan fingerprint density at radius 2 is 1.76 bits per heavy atom. The van der Waals surface area contributed by atoms with Crippen LogP contribution in [-0.2, 0) is 5.75 Å². The highest BCUT2D eigenvalue weighted by atomic mass is 32.2. The molecule has 0 aromatic heterocycles. The average molecular weight is 300 g/mol. The fourth-order valence-electron chi connectivity index (χ4n) is 2.06. The normalized spacial score (nSPS) is 13.0. The molecule has 3 rings (SSSR count). The van der Waals surface area contributed by atoms with E-state index in [0.29, 0.717) is 13.2 Å². The number of hydrogen-bond donors (Lipinski definition) is 2. The minimum Gasteiger partial charge on any atom is -0.486 e. The Morgan fingerprint density at radius 1 is 1.05 bits per heavy atom. The number of hydrogen-bond acceptors (Lipinski definition) is 4. The van der Waals surface area contributed by atoms with Crippen molar-refractivity contribution in [1.82, 2.24) is 0 Å². The number of ether oxygens (including phenoxy) is 2. The lowest BCUT2D eigenvalue weighted by Gasteiger charge is -2.18. The number of nitrogens with one attached hydrogen (secondary N) is 1. The molecule has 4 nitrogen and oxygen atoms in total. The molecular weight excluding hydrogens is 284 g/mol. The lowest BCUT2D eigenvalue weighted by Crippen LogP contribution is -2.15. The third-order valence-electron chi connectivity index (χ3n) is 3.18. The average Bonchev–Trinajstić information content (AvgIpc) is 2.53. The minimum atomic E-state index is 0.0982. The molecule has 0 saturated carbocycles. The van der Waals surface area contributed by atoms with Crippen molar-refractivity contribution in [2.45, 2.75) is 10.6 Å². The number of amidine groups is 1. The van der Waals surface area contributed by atoms with E-state index in [4.69, 9.17) is 20.6 Å². The van der Waals surface area contributed by atoms with E-state index in [-0.39, 0.29) is 5.84 Å². The first kappa shape index (κ1) is 13.8. The first-order valence-corrected chi connectivity index (χ1v) is 7.67. The molecule has 0 amide bonds. The number of nitrogen functional groups attached to an aromatic ring is 1. The molecule has 0 unspecified atom stereocenters. The highest BCUT2D eigenvalue weighted by molar-refractivity contribution is 7.98. The Bertz CT molecular complexity index is 656. The molecule has 0 aliphatic carbocycles. The molecule has 1 heterocycles. The molecule has 5 heteroatoms. The summed E-state index contributed by atoms with van der Waals surface area (Å²) in [5.74, 6) is 2.59. The number of fused-ring (bicyclic) bond motifs is 1. The van der Waals surface area contributed by atoms with Crippen LogP contribution in [0.25, 0.3) is 0 Å². The molecule has 0 spiro atoms. The van der Waals surface area contributed by atoms with E-state index in [1.165, 1.54) is 5.56 Å².